The molecular formula is C26H32N2O5. The number of aryl methyl sites for hydroxylation is 2. The van der Waals surface area contributed by atoms with Crippen LogP contribution in [0.5, 0.6) is 0 Å². The highest BCUT2D eigenvalue weighted by Crippen LogP contribution is 2.26. The van der Waals surface area contributed by atoms with E-state index in [-0.39, 0.29) is 37.3 Å². The van der Waals surface area contributed by atoms with Crippen LogP contribution in [0.25, 0.3) is 0 Å². The van der Waals surface area contributed by atoms with Crippen molar-refractivity contribution in [2.24, 2.45) is 11.8 Å². The van der Waals surface area contributed by atoms with Crippen molar-refractivity contribution in [1.29, 1.82) is 0 Å². The summed E-state index contributed by atoms with van der Waals surface area (Å²) in [4.78, 5) is 37.6. The number of carboxylic acids is 1. The number of aliphatic hydroxyl groups excluding tert-OH is 1. The van der Waals surface area contributed by atoms with Crippen molar-refractivity contribution in [1.82, 2.24) is 0 Å². The van der Waals surface area contributed by atoms with Crippen LogP contribution in [-0.4, -0.2) is 47.7 Å². The van der Waals surface area contributed by atoms with Crippen molar-refractivity contribution >= 4 is 29.2 Å². The fourth-order valence-electron chi connectivity index (χ4n) is 4.10. The monoisotopic (exact) mass is 452 g/mol. The van der Waals surface area contributed by atoms with Crippen LogP contribution in [0.1, 0.15) is 37.8 Å². The summed E-state index contributed by atoms with van der Waals surface area (Å²) in [5.41, 5.74) is 4.21. The quantitative estimate of drug-likeness (QED) is 0.701. The zero-order valence-electron chi connectivity index (χ0n) is 19.2. The number of nitrogens with zero attached hydrogens (tertiary/aromatic N) is 2. The first-order valence-corrected chi connectivity index (χ1v) is 11.5. The number of hydrogen-bond donors (Lipinski definition) is 2. The first-order valence-electron chi connectivity index (χ1n) is 11.5. The van der Waals surface area contributed by atoms with E-state index in [2.05, 4.69) is 26.0 Å². The molecule has 2 aliphatic heterocycles. The Labute approximate surface area is 194 Å². The molecule has 0 radical (unpaired) electrons. The Balaban J connectivity index is 0.000000186. The SMILES string of the molecule is CCc1ccc(N2CC(C(=O)O)CC2=O)cc1.CCc1ccc(N2CC(CO)CC2=O)cc1. The van der Waals surface area contributed by atoms with Gasteiger partial charge in [0, 0.05) is 49.8 Å². The van der Waals surface area contributed by atoms with Gasteiger partial charge in [-0.1, -0.05) is 38.1 Å². The van der Waals surface area contributed by atoms with Crippen molar-refractivity contribution in [3.05, 3.63) is 59.7 Å². The van der Waals surface area contributed by atoms with Crippen LogP contribution in [-0.2, 0) is 27.2 Å². The van der Waals surface area contributed by atoms with Gasteiger partial charge in [-0.3, -0.25) is 14.4 Å². The molecule has 2 aromatic rings. The van der Waals surface area contributed by atoms with E-state index in [1.807, 2.05) is 36.4 Å². The standard InChI is InChI=1S/C13H15NO3.C13H17NO2/c1-2-9-3-5-11(6-4-9)14-8-10(13(16)17)7-12(14)15;1-2-10-3-5-12(6-4-10)14-8-11(9-15)7-13(14)16/h3-6,10H,2,7-8H2,1H3,(H,16,17);3-6,11,15H,2,7-9H2,1H3. The highest BCUT2D eigenvalue weighted by atomic mass is 16.4. The highest BCUT2D eigenvalue weighted by Gasteiger charge is 2.35. The minimum Gasteiger partial charge on any atom is -0.481 e. The number of carboxylic acid groups (broad SMARTS) is 1. The van der Waals surface area contributed by atoms with Gasteiger partial charge in [-0.05, 0) is 48.2 Å². The predicted octanol–water partition coefficient (Wildman–Crippen LogP) is 3.28. The van der Waals surface area contributed by atoms with Crippen molar-refractivity contribution in [3.63, 3.8) is 0 Å². The van der Waals surface area contributed by atoms with Gasteiger partial charge in [-0.25, -0.2) is 0 Å². The second-order valence-electron chi connectivity index (χ2n) is 8.54. The van der Waals surface area contributed by atoms with Crippen LogP contribution >= 0.6 is 0 Å². The van der Waals surface area contributed by atoms with E-state index >= 15 is 0 Å². The van der Waals surface area contributed by atoms with E-state index < -0.39 is 11.9 Å². The Morgan fingerprint density at radius 3 is 1.64 bits per heavy atom. The maximum Gasteiger partial charge on any atom is 0.308 e. The Morgan fingerprint density at radius 2 is 1.27 bits per heavy atom. The van der Waals surface area contributed by atoms with Gasteiger partial charge < -0.3 is 20.0 Å². The van der Waals surface area contributed by atoms with Crippen LogP contribution in [0.4, 0.5) is 11.4 Å². The van der Waals surface area contributed by atoms with Crippen molar-refractivity contribution in [2.45, 2.75) is 39.5 Å². The minimum absolute atomic E-state index is 0.0925. The topological polar surface area (TPSA) is 98.2 Å². The van der Waals surface area contributed by atoms with E-state index in [4.69, 9.17) is 10.2 Å². The third kappa shape index (κ3) is 5.99. The number of amides is 2. The maximum atomic E-state index is 11.7. The molecule has 2 fully saturated rings. The third-order valence-electron chi connectivity index (χ3n) is 6.25. The fraction of sp³-hybridized carbons (Fsp3) is 0.423. The molecule has 2 atom stereocenters. The molecule has 0 saturated carbocycles. The lowest BCUT2D eigenvalue weighted by Gasteiger charge is -2.16. The number of anilines is 2. The van der Waals surface area contributed by atoms with Gasteiger partial charge in [0.2, 0.25) is 11.8 Å². The van der Waals surface area contributed by atoms with Crippen molar-refractivity contribution in [3.8, 4) is 0 Å². The maximum absolute atomic E-state index is 11.7. The molecule has 2 aromatic carbocycles. The summed E-state index contributed by atoms with van der Waals surface area (Å²) < 4.78 is 0. The van der Waals surface area contributed by atoms with Gasteiger partial charge in [-0.15, -0.1) is 0 Å². The van der Waals surface area contributed by atoms with Crippen LogP contribution in [0.3, 0.4) is 0 Å². The average molecular weight is 453 g/mol. The van der Waals surface area contributed by atoms with Gasteiger partial charge >= 0.3 is 5.97 Å². The number of carbonyl (C=O) groups excluding carboxylic acids is 2. The molecule has 0 spiro atoms. The summed E-state index contributed by atoms with van der Waals surface area (Å²) in [6.07, 6.45) is 2.52. The average Bonchev–Trinajstić information content (AvgIpc) is 3.42. The number of aliphatic hydroxyl groups is 1. The first-order chi connectivity index (χ1) is 15.9. The molecule has 7 nitrogen and oxygen atoms in total. The largest absolute Gasteiger partial charge is 0.481 e. The van der Waals surface area contributed by atoms with Gasteiger partial charge in [0.1, 0.15) is 0 Å². The first kappa shape index (κ1) is 24.5. The Bertz CT molecular complexity index is 971. The van der Waals surface area contributed by atoms with E-state index in [9.17, 15) is 14.4 Å². The van der Waals surface area contributed by atoms with Crippen molar-refractivity contribution < 1.29 is 24.6 Å². The van der Waals surface area contributed by atoms with Gasteiger partial charge in [0.05, 0.1) is 5.92 Å². The normalized spacial score (nSPS) is 20.1. The summed E-state index contributed by atoms with van der Waals surface area (Å²) in [7, 11) is 0. The molecule has 2 heterocycles. The summed E-state index contributed by atoms with van der Waals surface area (Å²) in [5.74, 6) is -1.37. The molecule has 2 N–H and O–H groups in total. The minimum atomic E-state index is -0.897. The number of aliphatic carboxylic acids is 1. The summed E-state index contributed by atoms with van der Waals surface area (Å²) in [6, 6.07) is 15.8. The molecule has 4 rings (SSSR count). The number of benzene rings is 2. The zero-order valence-corrected chi connectivity index (χ0v) is 19.2. The lowest BCUT2D eigenvalue weighted by atomic mass is 10.1. The Morgan fingerprint density at radius 1 is 0.818 bits per heavy atom. The van der Waals surface area contributed by atoms with Crippen LogP contribution in [0.2, 0.25) is 0 Å². The molecule has 0 bridgehead atoms. The fourth-order valence-corrected chi connectivity index (χ4v) is 4.10. The summed E-state index contributed by atoms with van der Waals surface area (Å²) in [5, 5.41) is 18.0. The van der Waals surface area contributed by atoms with Gasteiger partial charge in [-0.2, -0.15) is 0 Å². The van der Waals surface area contributed by atoms with Crippen LogP contribution < -0.4 is 9.80 Å². The third-order valence-corrected chi connectivity index (χ3v) is 6.25. The molecule has 2 aliphatic rings. The van der Waals surface area contributed by atoms with E-state index in [1.165, 1.54) is 11.1 Å². The molecule has 176 valence electrons. The molecule has 2 saturated heterocycles. The Hall–Kier alpha value is -3.19. The van der Waals surface area contributed by atoms with Crippen molar-refractivity contribution in [2.75, 3.05) is 29.5 Å². The summed E-state index contributed by atoms with van der Waals surface area (Å²) >= 11 is 0. The lowest BCUT2D eigenvalue weighted by molar-refractivity contribution is -0.141. The molecule has 0 aliphatic carbocycles. The van der Waals surface area contributed by atoms with E-state index in [1.54, 1.807) is 9.80 Å². The molecule has 0 aromatic heterocycles. The Kier molecular flexibility index (Phi) is 8.22. The van der Waals surface area contributed by atoms with E-state index in [0.29, 0.717) is 13.0 Å². The number of hydrogen-bond acceptors (Lipinski definition) is 4. The molecule has 33 heavy (non-hydrogen) atoms. The van der Waals surface area contributed by atoms with Crippen LogP contribution in [0.15, 0.2) is 48.5 Å². The number of carbonyl (C=O) groups is 3. The predicted molar refractivity (Wildman–Crippen MR) is 127 cm³/mol. The molecule has 2 amide bonds. The highest BCUT2D eigenvalue weighted by molar-refractivity contribution is 5.99. The molecular weight excluding hydrogens is 420 g/mol. The van der Waals surface area contributed by atoms with Crippen LogP contribution in [0, 0.1) is 11.8 Å². The smallest absolute Gasteiger partial charge is 0.308 e. The van der Waals surface area contributed by atoms with E-state index in [0.717, 1.165) is 24.2 Å². The second kappa shape index (κ2) is 11.1. The molecule has 2 unspecified atom stereocenters. The van der Waals surface area contributed by atoms with Gasteiger partial charge in [0.15, 0.2) is 0 Å². The zero-order chi connectivity index (χ0) is 24.0. The second-order valence-corrected chi connectivity index (χ2v) is 8.54. The summed E-state index contributed by atoms with van der Waals surface area (Å²) in [6.45, 7) is 5.18. The lowest BCUT2D eigenvalue weighted by Crippen LogP contribution is -2.25. The van der Waals surface area contributed by atoms with Gasteiger partial charge in [0.25, 0.3) is 0 Å². The molecule has 7 heteroatoms. The number of rotatable bonds is 6.